The molecule has 2 aromatic rings. The third-order valence-electron chi connectivity index (χ3n) is 4.56. The number of halogens is 1. The van der Waals surface area contributed by atoms with Gasteiger partial charge < -0.3 is 10.1 Å². The summed E-state index contributed by atoms with van der Waals surface area (Å²) in [5.74, 6) is -1.40. The van der Waals surface area contributed by atoms with E-state index in [2.05, 4.69) is 19.2 Å². The van der Waals surface area contributed by atoms with Crippen molar-refractivity contribution in [1.82, 2.24) is 0 Å². The quantitative estimate of drug-likeness (QED) is 0.529. The average Bonchev–Trinajstić information content (AvgIpc) is 2.91. The molecule has 0 unspecified atom stereocenters. The number of esters is 1. The van der Waals surface area contributed by atoms with Crippen molar-refractivity contribution in [2.75, 3.05) is 10.2 Å². The van der Waals surface area contributed by atoms with E-state index in [9.17, 15) is 14.4 Å². The zero-order valence-corrected chi connectivity index (χ0v) is 18.0. The van der Waals surface area contributed by atoms with Gasteiger partial charge >= 0.3 is 5.97 Å². The van der Waals surface area contributed by atoms with Crippen molar-refractivity contribution in [1.29, 1.82) is 0 Å². The van der Waals surface area contributed by atoms with Crippen LogP contribution in [0.5, 0.6) is 0 Å². The molecule has 2 aromatic carbocycles. The minimum absolute atomic E-state index is 0.00544. The lowest BCUT2D eigenvalue weighted by Gasteiger charge is -2.16. The third-order valence-corrected chi connectivity index (χ3v) is 4.91. The third kappa shape index (κ3) is 4.39. The summed E-state index contributed by atoms with van der Waals surface area (Å²) >= 11 is 6.18. The van der Waals surface area contributed by atoms with Crippen LogP contribution in [-0.4, -0.2) is 23.9 Å². The Hall–Kier alpha value is -3.12. The first-order valence-electron chi connectivity index (χ1n) is 9.65. The fourth-order valence-corrected chi connectivity index (χ4v) is 3.21. The highest BCUT2D eigenvalue weighted by Crippen LogP contribution is 2.31. The van der Waals surface area contributed by atoms with Crippen LogP contribution in [0.15, 0.2) is 59.3 Å². The van der Waals surface area contributed by atoms with Gasteiger partial charge in [0.1, 0.15) is 10.7 Å². The number of imide groups is 1. The summed E-state index contributed by atoms with van der Waals surface area (Å²) in [4.78, 5) is 38.7. The monoisotopic (exact) mass is 426 g/mol. The molecule has 3 rings (SSSR count). The van der Waals surface area contributed by atoms with Crippen molar-refractivity contribution >= 4 is 40.8 Å². The van der Waals surface area contributed by atoms with Crippen LogP contribution in [0.1, 0.15) is 49.5 Å². The number of benzene rings is 2. The summed E-state index contributed by atoms with van der Waals surface area (Å²) in [6.45, 7) is 7.66. The zero-order valence-electron chi connectivity index (χ0n) is 17.2. The maximum absolute atomic E-state index is 12.9. The Labute approximate surface area is 180 Å². The molecule has 0 saturated carbocycles. The Morgan fingerprint density at radius 1 is 1.00 bits per heavy atom. The molecule has 0 aromatic heterocycles. The SMILES string of the molecule is CC(C)OC(=O)c1cccc(N2C(=O)C(Cl)=C(Nc3ccc(C(C)C)cc3)C2=O)c1. The second kappa shape index (κ2) is 8.71. The van der Waals surface area contributed by atoms with Crippen molar-refractivity contribution in [2.45, 2.75) is 39.7 Å². The highest BCUT2D eigenvalue weighted by Gasteiger charge is 2.39. The van der Waals surface area contributed by atoms with Crippen LogP contribution in [0, 0.1) is 0 Å². The first kappa shape index (κ1) is 21.6. The van der Waals surface area contributed by atoms with Gasteiger partial charge in [0.25, 0.3) is 11.8 Å². The van der Waals surface area contributed by atoms with Gasteiger partial charge in [0.2, 0.25) is 0 Å². The predicted molar refractivity (Wildman–Crippen MR) is 117 cm³/mol. The molecule has 6 nitrogen and oxygen atoms in total. The molecule has 1 aliphatic rings. The highest BCUT2D eigenvalue weighted by atomic mass is 35.5. The first-order valence-corrected chi connectivity index (χ1v) is 10.0. The molecule has 1 aliphatic heterocycles. The van der Waals surface area contributed by atoms with Crippen molar-refractivity contribution < 1.29 is 19.1 Å². The first-order chi connectivity index (χ1) is 14.2. The van der Waals surface area contributed by atoms with Gasteiger partial charge in [-0.15, -0.1) is 0 Å². The van der Waals surface area contributed by atoms with Gasteiger partial charge in [-0.2, -0.15) is 0 Å². The van der Waals surface area contributed by atoms with Crippen molar-refractivity contribution in [3.63, 3.8) is 0 Å². The molecule has 0 radical (unpaired) electrons. The topological polar surface area (TPSA) is 75.7 Å². The van der Waals surface area contributed by atoms with Gasteiger partial charge in [0.05, 0.1) is 17.4 Å². The average molecular weight is 427 g/mol. The standard InChI is InChI=1S/C23H23ClN2O4/c1-13(2)15-8-10-17(11-9-15)25-20-19(24)21(27)26(22(20)28)18-7-5-6-16(12-18)23(29)30-14(3)4/h5-14,25H,1-4H3. The van der Waals surface area contributed by atoms with Gasteiger partial charge in [0.15, 0.2) is 0 Å². The normalized spacial score (nSPS) is 14.2. The van der Waals surface area contributed by atoms with Gasteiger partial charge in [-0.25, -0.2) is 9.69 Å². The second-order valence-corrected chi connectivity index (χ2v) is 7.92. The summed E-state index contributed by atoms with van der Waals surface area (Å²) in [5, 5.41) is 2.74. The van der Waals surface area contributed by atoms with Crippen LogP contribution in [0.2, 0.25) is 0 Å². The van der Waals surface area contributed by atoms with E-state index >= 15 is 0 Å². The maximum atomic E-state index is 12.9. The number of hydrogen-bond acceptors (Lipinski definition) is 5. The van der Waals surface area contributed by atoms with Crippen molar-refractivity contribution in [3.05, 3.63) is 70.4 Å². The summed E-state index contributed by atoms with van der Waals surface area (Å²) in [6.07, 6.45) is -0.287. The highest BCUT2D eigenvalue weighted by molar-refractivity contribution is 6.53. The molecule has 7 heteroatoms. The number of nitrogens with zero attached hydrogens (tertiary/aromatic N) is 1. The largest absolute Gasteiger partial charge is 0.459 e. The molecule has 0 atom stereocenters. The van der Waals surface area contributed by atoms with E-state index in [0.717, 1.165) is 10.5 Å². The summed E-state index contributed by atoms with van der Waals surface area (Å²) < 4.78 is 5.18. The van der Waals surface area contributed by atoms with E-state index in [1.54, 1.807) is 32.0 Å². The number of ether oxygens (including phenoxy) is 1. The molecule has 2 amide bonds. The van der Waals surface area contributed by atoms with Gasteiger partial charge in [-0.1, -0.05) is 43.6 Å². The smallest absolute Gasteiger partial charge is 0.338 e. The molecular weight excluding hydrogens is 404 g/mol. The van der Waals surface area contributed by atoms with E-state index < -0.39 is 17.8 Å². The van der Waals surface area contributed by atoms with E-state index in [1.807, 2.05) is 24.3 Å². The Balaban J connectivity index is 1.84. The fraction of sp³-hybridized carbons (Fsp3) is 0.261. The lowest BCUT2D eigenvalue weighted by Crippen LogP contribution is -2.32. The lowest BCUT2D eigenvalue weighted by atomic mass is 10.0. The van der Waals surface area contributed by atoms with Crippen LogP contribution in [-0.2, 0) is 14.3 Å². The van der Waals surface area contributed by atoms with E-state index in [1.165, 1.54) is 6.07 Å². The molecule has 0 aliphatic carbocycles. The Bertz CT molecular complexity index is 1030. The molecule has 0 fully saturated rings. The minimum atomic E-state index is -0.655. The van der Waals surface area contributed by atoms with E-state index in [0.29, 0.717) is 11.6 Å². The number of carbonyl (C=O) groups excluding carboxylic acids is 3. The molecule has 0 bridgehead atoms. The zero-order chi connectivity index (χ0) is 22.0. The number of nitrogens with one attached hydrogen (secondary N) is 1. The number of hydrogen-bond donors (Lipinski definition) is 1. The van der Waals surface area contributed by atoms with Crippen LogP contribution in [0.3, 0.4) is 0 Å². The molecule has 30 heavy (non-hydrogen) atoms. The number of rotatable bonds is 6. The van der Waals surface area contributed by atoms with Crippen molar-refractivity contribution in [3.8, 4) is 0 Å². The molecule has 0 saturated heterocycles. The van der Waals surface area contributed by atoms with Crippen molar-refractivity contribution in [2.24, 2.45) is 0 Å². The molecule has 156 valence electrons. The summed E-state index contributed by atoms with van der Waals surface area (Å²) in [6, 6.07) is 13.7. The molecule has 1 heterocycles. The maximum Gasteiger partial charge on any atom is 0.338 e. The number of amides is 2. The van der Waals surface area contributed by atoms with Gasteiger partial charge in [0, 0.05) is 5.69 Å². The minimum Gasteiger partial charge on any atom is -0.459 e. The van der Waals surface area contributed by atoms with Crippen LogP contribution < -0.4 is 10.2 Å². The molecule has 1 N–H and O–H groups in total. The predicted octanol–water partition coefficient (Wildman–Crippen LogP) is 4.81. The lowest BCUT2D eigenvalue weighted by molar-refractivity contribution is -0.120. The van der Waals surface area contributed by atoms with Gasteiger partial charge in [-0.3, -0.25) is 9.59 Å². The fourth-order valence-electron chi connectivity index (χ4n) is 3.00. The summed E-state index contributed by atoms with van der Waals surface area (Å²) in [5.41, 5.74) is 2.28. The number of anilines is 2. The summed E-state index contributed by atoms with van der Waals surface area (Å²) in [7, 11) is 0. The van der Waals surface area contributed by atoms with Crippen LogP contribution in [0.25, 0.3) is 0 Å². The van der Waals surface area contributed by atoms with Crippen LogP contribution >= 0.6 is 11.6 Å². The molecule has 0 spiro atoms. The number of carbonyl (C=O) groups is 3. The second-order valence-electron chi connectivity index (χ2n) is 7.54. The van der Waals surface area contributed by atoms with Crippen LogP contribution in [0.4, 0.5) is 11.4 Å². The molecular formula is C23H23ClN2O4. The Morgan fingerprint density at radius 3 is 2.27 bits per heavy atom. The van der Waals surface area contributed by atoms with E-state index in [4.69, 9.17) is 16.3 Å². The Kier molecular flexibility index (Phi) is 6.27. The van der Waals surface area contributed by atoms with E-state index in [-0.39, 0.29) is 28.1 Å². The Morgan fingerprint density at radius 2 is 1.67 bits per heavy atom. The van der Waals surface area contributed by atoms with Gasteiger partial charge in [-0.05, 0) is 55.7 Å².